The number of H-pyrrole nitrogens is 1. The molecule has 2 amide bonds. The standard InChI is InChI=1S/C28H29N7O4/c1-17-10-21(36)11-18(2)22(17)8-9-23(32-26(37)14-29)27(38)33-24(13-20-15-30-16-31-20)28-34-25(35-39-28)12-19-6-4-3-5-7-19/h3-7,10-11,15-16,23-24,36H,12-14,29H2,1-2H3,(H,30,31)(H,32,37)(H,33,38)/t23-,24-/m0/s1. The molecule has 0 bridgehead atoms. The van der Waals surface area contributed by atoms with Gasteiger partial charge in [0, 0.05) is 30.3 Å². The summed E-state index contributed by atoms with van der Waals surface area (Å²) in [4.78, 5) is 37.1. The van der Waals surface area contributed by atoms with Gasteiger partial charge in [-0.1, -0.05) is 47.3 Å². The molecule has 4 rings (SSSR count). The highest BCUT2D eigenvalue weighted by molar-refractivity contribution is 5.91. The highest BCUT2D eigenvalue weighted by atomic mass is 16.5. The molecule has 0 unspecified atom stereocenters. The summed E-state index contributed by atoms with van der Waals surface area (Å²) < 4.78 is 5.53. The number of phenolic OH excluding ortho intramolecular Hbond substituents is 1. The van der Waals surface area contributed by atoms with Crippen molar-refractivity contribution >= 4 is 11.8 Å². The summed E-state index contributed by atoms with van der Waals surface area (Å²) in [5, 5.41) is 19.3. The van der Waals surface area contributed by atoms with Crippen LogP contribution in [0, 0.1) is 25.7 Å². The Bertz CT molecular complexity index is 1460. The van der Waals surface area contributed by atoms with Crippen LogP contribution in [-0.2, 0) is 22.4 Å². The predicted molar refractivity (Wildman–Crippen MR) is 142 cm³/mol. The molecule has 2 atom stereocenters. The molecular formula is C28H29N7O4. The highest BCUT2D eigenvalue weighted by Crippen LogP contribution is 2.20. The van der Waals surface area contributed by atoms with E-state index >= 15 is 0 Å². The molecule has 0 fully saturated rings. The maximum Gasteiger partial charge on any atom is 0.255 e. The van der Waals surface area contributed by atoms with Crippen LogP contribution in [-0.4, -0.2) is 49.6 Å². The second-order valence-corrected chi connectivity index (χ2v) is 8.98. The van der Waals surface area contributed by atoms with Gasteiger partial charge in [-0.05, 0) is 42.7 Å². The molecule has 0 spiro atoms. The first-order valence-electron chi connectivity index (χ1n) is 12.3. The number of rotatable bonds is 9. The van der Waals surface area contributed by atoms with Crippen LogP contribution in [0.2, 0.25) is 0 Å². The molecule has 0 aliphatic rings. The predicted octanol–water partition coefficient (Wildman–Crippen LogP) is 1.60. The third kappa shape index (κ3) is 7.30. The number of nitrogens with one attached hydrogen (secondary N) is 3. The summed E-state index contributed by atoms with van der Waals surface area (Å²) in [5.74, 6) is 5.46. The van der Waals surface area contributed by atoms with Gasteiger partial charge in [0.25, 0.3) is 5.91 Å². The number of amides is 2. The minimum absolute atomic E-state index is 0.120. The lowest BCUT2D eigenvalue weighted by atomic mass is 10.0. The molecule has 0 aliphatic heterocycles. The molecule has 39 heavy (non-hydrogen) atoms. The van der Waals surface area contributed by atoms with E-state index in [2.05, 4.69) is 42.6 Å². The van der Waals surface area contributed by atoms with Crippen molar-refractivity contribution in [3.63, 3.8) is 0 Å². The lowest BCUT2D eigenvalue weighted by Gasteiger charge is -2.18. The van der Waals surface area contributed by atoms with Crippen molar-refractivity contribution in [2.45, 2.75) is 38.8 Å². The molecule has 11 heteroatoms. The number of imidazole rings is 1. The summed E-state index contributed by atoms with van der Waals surface area (Å²) in [6.07, 6.45) is 3.89. The highest BCUT2D eigenvalue weighted by Gasteiger charge is 2.27. The Labute approximate surface area is 225 Å². The topological polar surface area (TPSA) is 172 Å². The number of nitrogens with zero attached hydrogens (tertiary/aromatic N) is 3. The van der Waals surface area contributed by atoms with E-state index in [1.165, 1.54) is 6.33 Å². The van der Waals surface area contributed by atoms with Crippen LogP contribution in [0.3, 0.4) is 0 Å². The first-order chi connectivity index (χ1) is 18.8. The fraction of sp³-hybridized carbons (Fsp3) is 0.250. The average Bonchev–Trinajstić information content (AvgIpc) is 3.59. The van der Waals surface area contributed by atoms with Crippen molar-refractivity contribution in [3.8, 4) is 17.6 Å². The maximum atomic E-state index is 13.4. The Morgan fingerprint density at radius 1 is 1.15 bits per heavy atom. The second kappa shape index (κ2) is 12.5. The van der Waals surface area contributed by atoms with Crippen molar-refractivity contribution in [2.75, 3.05) is 6.54 Å². The lowest BCUT2D eigenvalue weighted by molar-refractivity contribution is -0.127. The molecule has 0 aliphatic carbocycles. The van der Waals surface area contributed by atoms with Crippen molar-refractivity contribution in [3.05, 3.63) is 94.7 Å². The number of carbonyl (C=O) groups is 2. The van der Waals surface area contributed by atoms with Gasteiger partial charge < -0.3 is 31.0 Å². The summed E-state index contributed by atoms with van der Waals surface area (Å²) in [5.41, 5.74) is 9.33. The van der Waals surface area contributed by atoms with E-state index in [0.717, 1.165) is 22.4 Å². The fourth-order valence-corrected chi connectivity index (χ4v) is 4.00. The second-order valence-electron chi connectivity index (χ2n) is 8.98. The van der Waals surface area contributed by atoms with Gasteiger partial charge in [-0.25, -0.2) is 4.98 Å². The smallest absolute Gasteiger partial charge is 0.255 e. The summed E-state index contributed by atoms with van der Waals surface area (Å²) in [7, 11) is 0. The maximum absolute atomic E-state index is 13.4. The van der Waals surface area contributed by atoms with E-state index in [1.807, 2.05) is 30.3 Å². The number of phenols is 1. The summed E-state index contributed by atoms with van der Waals surface area (Å²) in [6, 6.07) is 10.9. The van der Waals surface area contributed by atoms with Crippen molar-refractivity contribution < 1.29 is 19.2 Å². The zero-order valence-corrected chi connectivity index (χ0v) is 21.6. The number of aryl methyl sites for hydroxylation is 2. The number of aromatic hydroxyl groups is 1. The Morgan fingerprint density at radius 2 is 1.90 bits per heavy atom. The zero-order valence-electron chi connectivity index (χ0n) is 21.6. The number of aromatic amines is 1. The molecule has 11 nitrogen and oxygen atoms in total. The minimum atomic E-state index is -1.22. The Hall–Kier alpha value is -4.95. The molecule has 6 N–H and O–H groups in total. The van der Waals surface area contributed by atoms with Gasteiger partial charge in [-0.2, -0.15) is 4.98 Å². The van der Waals surface area contributed by atoms with Crippen molar-refractivity contribution in [1.29, 1.82) is 0 Å². The van der Waals surface area contributed by atoms with E-state index < -0.39 is 23.9 Å². The normalized spacial score (nSPS) is 12.2. The van der Waals surface area contributed by atoms with Crippen molar-refractivity contribution in [2.24, 2.45) is 5.73 Å². The van der Waals surface area contributed by atoms with Gasteiger partial charge >= 0.3 is 0 Å². The van der Waals surface area contributed by atoms with E-state index in [4.69, 9.17) is 10.3 Å². The molecule has 0 saturated heterocycles. The summed E-state index contributed by atoms with van der Waals surface area (Å²) >= 11 is 0. The zero-order chi connectivity index (χ0) is 27.8. The average molecular weight is 528 g/mol. The van der Waals surface area contributed by atoms with Gasteiger partial charge in [-0.15, -0.1) is 0 Å². The lowest BCUT2D eigenvalue weighted by Crippen LogP contribution is -2.48. The Balaban J connectivity index is 1.59. The molecule has 2 aromatic carbocycles. The molecule has 2 aromatic heterocycles. The van der Waals surface area contributed by atoms with Crippen LogP contribution in [0.15, 0.2) is 59.5 Å². The molecule has 200 valence electrons. The monoisotopic (exact) mass is 527 g/mol. The largest absolute Gasteiger partial charge is 0.508 e. The van der Waals surface area contributed by atoms with Crippen LogP contribution in [0.1, 0.15) is 45.7 Å². The number of aromatic nitrogens is 4. The van der Waals surface area contributed by atoms with Crippen LogP contribution < -0.4 is 16.4 Å². The van der Waals surface area contributed by atoms with Crippen LogP contribution in [0.25, 0.3) is 0 Å². The van der Waals surface area contributed by atoms with E-state index in [1.54, 1.807) is 32.2 Å². The Kier molecular flexibility index (Phi) is 8.71. The molecule has 4 aromatic rings. The third-order valence-electron chi connectivity index (χ3n) is 5.89. The molecule has 2 heterocycles. The number of nitrogens with two attached hydrogens (primary N) is 1. The number of carbonyl (C=O) groups excluding carboxylic acids is 2. The summed E-state index contributed by atoms with van der Waals surface area (Å²) in [6.45, 7) is 3.29. The van der Waals surface area contributed by atoms with Crippen molar-refractivity contribution in [1.82, 2.24) is 30.7 Å². The van der Waals surface area contributed by atoms with Gasteiger partial charge in [0.15, 0.2) is 11.9 Å². The van der Waals surface area contributed by atoms with Gasteiger partial charge in [-0.3, -0.25) is 9.59 Å². The van der Waals surface area contributed by atoms with E-state index in [9.17, 15) is 14.7 Å². The van der Waals surface area contributed by atoms with Crippen LogP contribution in [0.4, 0.5) is 0 Å². The quantitative estimate of drug-likeness (QED) is 0.204. The SMILES string of the molecule is Cc1cc(O)cc(C)c1C#C[C@H](NC(=O)CN)C(=O)N[C@@H](Cc1cnc[nH]1)c1nc(Cc2ccccc2)no1. The first-order valence-corrected chi connectivity index (χ1v) is 12.3. The molecule has 0 radical (unpaired) electrons. The van der Waals surface area contributed by atoms with Gasteiger partial charge in [0.1, 0.15) is 11.8 Å². The number of hydrogen-bond acceptors (Lipinski definition) is 8. The third-order valence-corrected chi connectivity index (χ3v) is 5.89. The molecule has 0 saturated carbocycles. The van der Waals surface area contributed by atoms with Crippen LogP contribution in [0.5, 0.6) is 5.75 Å². The van der Waals surface area contributed by atoms with Gasteiger partial charge in [0.2, 0.25) is 11.8 Å². The van der Waals surface area contributed by atoms with E-state index in [-0.39, 0.29) is 24.6 Å². The first kappa shape index (κ1) is 27.1. The number of benzene rings is 2. The number of hydrogen-bond donors (Lipinski definition) is 5. The molecular weight excluding hydrogens is 498 g/mol. The van der Waals surface area contributed by atoms with Crippen LogP contribution >= 0.6 is 0 Å². The fourth-order valence-electron chi connectivity index (χ4n) is 4.00. The minimum Gasteiger partial charge on any atom is -0.508 e. The van der Waals surface area contributed by atoms with E-state index in [0.29, 0.717) is 17.8 Å². The Morgan fingerprint density at radius 3 is 2.56 bits per heavy atom. The van der Waals surface area contributed by atoms with Gasteiger partial charge in [0.05, 0.1) is 12.9 Å².